The highest BCUT2D eigenvalue weighted by Crippen LogP contribution is 2.20. The molecule has 0 saturated heterocycles. The number of nitrogens with zero attached hydrogens (tertiary/aromatic N) is 1. The Kier molecular flexibility index (Phi) is 6.01. The topological polar surface area (TPSA) is 55.7 Å². The van der Waals surface area contributed by atoms with Gasteiger partial charge in [0.25, 0.3) is 0 Å². The summed E-state index contributed by atoms with van der Waals surface area (Å²) in [7, 11) is 1.48. The standard InChI is InChI=1S/C14H15BrFNO3/c1-4-20-14(19)12(8(2)17-3)13(18)9-5-6-10(15)11(16)7-9/h5-7,12H,4H2,1-3H3. The van der Waals surface area contributed by atoms with Crippen molar-refractivity contribution in [1.82, 2.24) is 0 Å². The van der Waals surface area contributed by atoms with E-state index in [1.807, 2.05) is 0 Å². The fourth-order valence-electron chi connectivity index (χ4n) is 1.64. The normalized spacial score (nSPS) is 12.9. The first-order chi connectivity index (χ1) is 9.42. The van der Waals surface area contributed by atoms with Gasteiger partial charge in [0.2, 0.25) is 0 Å². The molecule has 0 aliphatic carbocycles. The Morgan fingerprint density at radius 1 is 1.45 bits per heavy atom. The number of ether oxygens (including phenoxy) is 1. The molecule has 1 atom stereocenters. The maximum absolute atomic E-state index is 13.5. The summed E-state index contributed by atoms with van der Waals surface area (Å²) in [6, 6.07) is 3.95. The molecular formula is C14H15BrFNO3. The highest BCUT2D eigenvalue weighted by atomic mass is 79.9. The SMILES string of the molecule is CCOC(=O)C(C(=O)c1ccc(Br)c(F)c1)C(C)=NC. The Balaban J connectivity index is 3.16. The number of rotatable bonds is 5. The fraction of sp³-hybridized carbons (Fsp3) is 0.357. The van der Waals surface area contributed by atoms with Crippen LogP contribution in [0.2, 0.25) is 0 Å². The lowest BCUT2D eigenvalue weighted by Crippen LogP contribution is -2.32. The van der Waals surface area contributed by atoms with Gasteiger partial charge in [0.05, 0.1) is 11.1 Å². The van der Waals surface area contributed by atoms with E-state index in [-0.39, 0.29) is 16.6 Å². The van der Waals surface area contributed by atoms with E-state index in [0.29, 0.717) is 5.71 Å². The minimum Gasteiger partial charge on any atom is -0.465 e. The summed E-state index contributed by atoms with van der Waals surface area (Å²) >= 11 is 3.01. The number of Topliss-reactive ketones (excluding diaryl/α,β-unsaturated/α-hetero) is 1. The molecule has 0 fully saturated rings. The lowest BCUT2D eigenvalue weighted by atomic mass is 9.93. The molecule has 0 heterocycles. The van der Waals surface area contributed by atoms with Gasteiger partial charge in [-0.25, -0.2) is 4.39 Å². The molecule has 0 aromatic heterocycles. The molecule has 1 rings (SSSR count). The van der Waals surface area contributed by atoms with Gasteiger partial charge in [0, 0.05) is 18.3 Å². The molecule has 20 heavy (non-hydrogen) atoms. The van der Waals surface area contributed by atoms with Crippen LogP contribution in [0.25, 0.3) is 0 Å². The van der Waals surface area contributed by atoms with Crippen LogP contribution in [0.3, 0.4) is 0 Å². The van der Waals surface area contributed by atoms with Gasteiger partial charge in [0.1, 0.15) is 5.82 Å². The van der Waals surface area contributed by atoms with Gasteiger partial charge in [0.15, 0.2) is 11.7 Å². The number of hydrogen-bond acceptors (Lipinski definition) is 4. The summed E-state index contributed by atoms with van der Waals surface area (Å²) in [4.78, 5) is 28.1. The first-order valence-corrected chi connectivity index (χ1v) is 6.80. The van der Waals surface area contributed by atoms with Gasteiger partial charge in [-0.1, -0.05) is 6.07 Å². The molecule has 1 unspecified atom stereocenters. The van der Waals surface area contributed by atoms with Crippen LogP contribution in [-0.4, -0.2) is 31.1 Å². The summed E-state index contributed by atoms with van der Waals surface area (Å²) in [5.41, 5.74) is 0.434. The Bertz CT molecular complexity index is 557. The molecule has 0 spiro atoms. The van der Waals surface area contributed by atoms with Crippen LogP contribution in [0.15, 0.2) is 27.7 Å². The minimum absolute atomic E-state index is 0.103. The summed E-state index contributed by atoms with van der Waals surface area (Å²) in [5.74, 6) is -2.91. The summed E-state index contributed by atoms with van der Waals surface area (Å²) in [6.45, 7) is 3.38. The summed E-state index contributed by atoms with van der Waals surface area (Å²) in [6.07, 6.45) is 0. The third kappa shape index (κ3) is 3.72. The Morgan fingerprint density at radius 3 is 2.60 bits per heavy atom. The van der Waals surface area contributed by atoms with Crippen molar-refractivity contribution in [2.75, 3.05) is 13.7 Å². The minimum atomic E-state index is -1.14. The van der Waals surface area contributed by atoms with Crippen molar-refractivity contribution < 1.29 is 18.7 Å². The van der Waals surface area contributed by atoms with Crippen LogP contribution in [-0.2, 0) is 9.53 Å². The molecule has 108 valence electrons. The molecule has 0 bridgehead atoms. The second kappa shape index (κ2) is 7.28. The summed E-state index contributed by atoms with van der Waals surface area (Å²) in [5, 5.41) is 0. The van der Waals surface area contributed by atoms with E-state index in [4.69, 9.17) is 4.74 Å². The molecule has 0 aliphatic rings. The van der Waals surface area contributed by atoms with Crippen molar-refractivity contribution in [1.29, 1.82) is 0 Å². The van der Waals surface area contributed by atoms with E-state index in [1.54, 1.807) is 13.8 Å². The van der Waals surface area contributed by atoms with Crippen LogP contribution in [0, 0.1) is 11.7 Å². The van der Waals surface area contributed by atoms with Gasteiger partial charge in [-0.3, -0.25) is 14.6 Å². The smallest absolute Gasteiger partial charge is 0.322 e. The first kappa shape index (κ1) is 16.5. The van der Waals surface area contributed by atoms with Crippen LogP contribution in [0.1, 0.15) is 24.2 Å². The summed E-state index contributed by atoms with van der Waals surface area (Å²) < 4.78 is 18.6. The van der Waals surface area contributed by atoms with Crippen LogP contribution in [0.5, 0.6) is 0 Å². The maximum atomic E-state index is 13.5. The van der Waals surface area contributed by atoms with E-state index in [0.717, 1.165) is 6.07 Å². The van der Waals surface area contributed by atoms with Crippen LogP contribution >= 0.6 is 15.9 Å². The maximum Gasteiger partial charge on any atom is 0.322 e. The predicted octanol–water partition coefficient (Wildman–Crippen LogP) is 3.04. The van der Waals surface area contributed by atoms with Gasteiger partial charge in [-0.2, -0.15) is 0 Å². The van der Waals surface area contributed by atoms with Crippen LogP contribution < -0.4 is 0 Å². The van der Waals surface area contributed by atoms with Gasteiger partial charge in [-0.15, -0.1) is 0 Å². The molecule has 0 saturated carbocycles. The fourth-order valence-corrected chi connectivity index (χ4v) is 1.88. The molecule has 1 aromatic rings. The number of carbonyl (C=O) groups excluding carboxylic acids is 2. The van der Waals surface area contributed by atoms with Gasteiger partial charge in [-0.05, 0) is 41.9 Å². The second-order valence-electron chi connectivity index (χ2n) is 4.04. The number of benzene rings is 1. The van der Waals surface area contributed by atoms with E-state index in [9.17, 15) is 14.0 Å². The average Bonchev–Trinajstić information content (AvgIpc) is 2.42. The Hall–Kier alpha value is -1.56. The number of ketones is 1. The Morgan fingerprint density at radius 2 is 2.10 bits per heavy atom. The first-order valence-electron chi connectivity index (χ1n) is 6.01. The lowest BCUT2D eigenvalue weighted by Gasteiger charge is -2.14. The third-order valence-corrected chi connectivity index (χ3v) is 3.40. The van der Waals surface area contributed by atoms with Gasteiger partial charge >= 0.3 is 5.97 Å². The molecule has 0 N–H and O–H groups in total. The van der Waals surface area contributed by atoms with Crippen molar-refractivity contribution in [2.24, 2.45) is 10.9 Å². The number of aliphatic imine (C=N–C) groups is 1. The molecule has 4 nitrogen and oxygen atoms in total. The van der Waals surface area contributed by atoms with E-state index < -0.39 is 23.5 Å². The van der Waals surface area contributed by atoms with Gasteiger partial charge < -0.3 is 4.74 Å². The zero-order valence-corrected chi connectivity index (χ0v) is 13.0. The quantitative estimate of drug-likeness (QED) is 0.357. The highest BCUT2D eigenvalue weighted by Gasteiger charge is 2.31. The van der Waals surface area contributed by atoms with Crippen molar-refractivity contribution in [3.63, 3.8) is 0 Å². The number of carbonyl (C=O) groups is 2. The zero-order chi connectivity index (χ0) is 15.3. The van der Waals surface area contributed by atoms with Crippen molar-refractivity contribution >= 4 is 33.4 Å². The van der Waals surface area contributed by atoms with Crippen molar-refractivity contribution in [2.45, 2.75) is 13.8 Å². The predicted molar refractivity (Wildman–Crippen MR) is 77.6 cm³/mol. The van der Waals surface area contributed by atoms with E-state index in [2.05, 4.69) is 20.9 Å². The molecule has 0 amide bonds. The molecule has 0 aliphatic heterocycles. The monoisotopic (exact) mass is 343 g/mol. The molecular weight excluding hydrogens is 329 g/mol. The molecule has 0 radical (unpaired) electrons. The number of esters is 1. The number of hydrogen-bond donors (Lipinski definition) is 0. The van der Waals surface area contributed by atoms with Crippen molar-refractivity contribution in [3.05, 3.63) is 34.1 Å². The second-order valence-corrected chi connectivity index (χ2v) is 4.90. The van der Waals surface area contributed by atoms with E-state index >= 15 is 0 Å². The highest BCUT2D eigenvalue weighted by molar-refractivity contribution is 9.10. The largest absolute Gasteiger partial charge is 0.465 e. The third-order valence-electron chi connectivity index (χ3n) is 2.76. The van der Waals surface area contributed by atoms with E-state index in [1.165, 1.54) is 19.2 Å². The number of halogens is 2. The van der Waals surface area contributed by atoms with Crippen molar-refractivity contribution in [3.8, 4) is 0 Å². The average molecular weight is 344 g/mol. The van der Waals surface area contributed by atoms with Crippen LogP contribution in [0.4, 0.5) is 4.39 Å². The molecule has 1 aromatic carbocycles. The Labute approximate surface area is 125 Å². The molecule has 6 heteroatoms. The lowest BCUT2D eigenvalue weighted by molar-refractivity contribution is -0.144. The zero-order valence-electron chi connectivity index (χ0n) is 11.4.